The van der Waals surface area contributed by atoms with Crippen LogP contribution >= 0.6 is 0 Å². The molecule has 1 N–H and O–H groups in total. The number of hydrogen-bond donors (Lipinski definition) is 1. The highest BCUT2D eigenvalue weighted by Gasteiger charge is 2.33. The maximum Gasteiger partial charge on any atom is 0.162 e. The van der Waals surface area contributed by atoms with Crippen LogP contribution in [0.25, 0.3) is 0 Å². The van der Waals surface area contributed by atoms with Gasteiger partial charge in [-0.2, -0.15) is 0 Å². The Morgan fingerprint density at radius 2 is 1.59 bits per heavy atom. The highest BCUT2D eigenvalue weighted by Crippen LogP contribution is 2.29. The van der Waals surface area contributed by atoms with Crippen LogP contribution < -0.4 is 0 Å². The summed E-state index contributed by atoms with van der Waals surface area (Å²) in [6.45, 7) is 3.66. The van der Waals surface area contributed by atoms with Crippen molar-refractivity contribution < 1.29 is 19.1 Å². The zero-order chi connectivity index (χ0) is 22.2. The Labute approximate surface area is 194 Å². The summed E-state index contributed by atoms with van der Waals surface area (Å²) in [5.41, 5.74) is 0.915. The third-order valence-electron chi connectivity index (χ3n) is 7.83. The molecule has 2 heterocycles. The third-order valence-corrected chi connectivity index (χ3v) is 7.83. The van der Waals surface area contributed by atoms with E-state index in [1.165, 1.54) is 77.3 Å². The molecule has 2 saturated carbocycles. The van der Waals surface area contributed by atoms with Crippen molar-refractivity contribution >= 4 is 0 Å². The minimum atomic E-state index is -0.368. The fourth-order valence-corrected chi connectivity index (χ4v) is 6.11. The van der Waals surface area contributed by atoms with Gasteiger partial charge in [0.05, 0.1) is 24.0 Å². The number of methoxy groups -OCH3 is 1. The Balaban J connectivity index is 1.34. The van der Waals surface area contributed by atoms with Gasteiger partial charge >= 0.3 is 0 Å². The van der Waals surface area contributed by atoms with Gasteiger partial charge in [0.1, 0.15) is 6.61 Å². The molecule has 0 spiro atoms. The van der Waals surface area contributed by atoms with Gasteiger partial charge in [-0.15, -0.1) is 0 Å². The number of aliphatic hydroxyl groups is 1. The lowest BCUT2D eigenvalue weighted by molar-refractivity contribution is -0.127. The Morgan fingerprint density at radius 3 is 2.22 bits per heavy atom. The summed E-state index contributed by atoms with van der Waals surface area (Å²) in [5, 5.41) is 15.0. The van der Waals surface area contributed by atoms with E-state index in [1.807, 2.05) is 6.07 Å². The van der Waals surface area contributed by atoms with Crippen LogP contribution in [0.15, 0.2) is 10.6 Å². The van der Waals surface area contributed by atoms with Crippen LogP contribution in [-0.4, -0.2) is 60.2 Å². The van der Waals surface area contributed by atoms with E-state index in [2.05, 4.69) is 10.1 Å². The van der Waals surface area contributed by atoms with E-state index < -0.39 is 0 Å². The summed E-state index contributed by atoms with van der Waals surface area (Å²) in [7, 11) is 1.66. The van der Waals surface area contributed by atoms with Gasteiger partial charge in [0, 0.05) is 39.2 Å². The Hall–Kier alpha value is -0.950. The van der Waals surface area contributed by atoms with Crippen LogP contribution in [0.4, 0.5) is 0 Å². The number of aliphatic hydroxyl groups excluding tert-OH is 1. The second-order valence-corrected chi connectivity index (χ2v) is 10.6. The Morgan fingerprint density at radius 1 is 0.938 bits per heavy atom. The number of nitrogens with zero attached hydrogens (tertiary/aromatic N) is 2. The van der Waals surface area contributed by atoms with Crippen LogP contribution in [0, 0.1) is 11.8 Å². The molecule has 3 atom stereocenters. The molecular formula is C26H44N2O4. The predicted octanol–water partition coefficient (Wildman–Crippen LogP) is 4.73. The SMILES string of the molecule is COCc1cc(CC2CCC(O)C(CN(CC3CCCCC3)CC3CCCCC3)O2)no1. The lowest BCUT2D eigenvalue weighted by Crippen LogP contribution is -2.48. The molecule has 1 aliphatic heterocycles. The van der Waals surface area contributed by atoms with Crippen LogP contribution in [0.3, 0.4) is 0 Å². The number of ether oxygens (including phenoxy) is 2. The second kappa shape index (κ2) is 12.5. The van der Waals surface area contributed by atoms with Gasteiger partial charge in [-0.25, -0.2) is 0 Å². The first-order valence-electron chi connectivity index (χ1n) is 13.2. The van der Waals surface area contributed by atoms with Gasteiger partial charge in [0.15, 0.2) is 5.76 Å². The van der Waals surface area contributed by atoms with Crippen LogP contribution in [-0.2, 0) is 22.5 Å². The highest BCUT2D eigenvalue weighted by atomic mass is 16.5. The van der Waals surface area contributed by atoms with E-state index in [-0.39, 0.29) is 18.3 Å². The van der Waals surface area contributed by atoms with Crippen molar-refractivity contribution in [3.05, 3.63) is 17.5 Å². The van der Waals surface area contributed by atoms with Gasteiger partial charge in [-0.05, 0) is 50.4 Å². The first-order valence-corrected chi connectivity index (χ1v) is 13.2. The maximum atomic E-state index is 10.8. The fourth-order valence-electron chi connectivity index (χ4n) is 6.11. The largest absolute Gasteiger partial charge is 0.390 e. The van der Waals surface area contributed by atoms with Crippen molar-refractivity contribution in [3.8, 4) is 0 Å². The van der Waals surface area contributed by atoms with Crippen molar-refractivity contribution in [1.29, 1.82) is 0 Å². The molecule has 0 amide bonds. The van der Waals surface area contributed by atoms with Gasteiger partial charge in [0.2, 0.25) is 0 Å². The van der Waals surface area contributed by atoms with Crippen LogP contribution in [0.1, 0.15) is 88.5 Å². The summed E-state index contributed by atoms with van der Waals surface area (Å²) in [5.74, 6) is 2.39. The smallest absolute Gasteiger partial charge is 0.162 e. The van der Waals surface area contributed by atoms with E-state index in [0.717, 1.165) is 49.1 Å². The van der Waals surface area contributed by atoms with E-state index in [9.17, 15) is 5.11 Å². The lowest BCUT2D eigenvalue weighted by atomic mass is 9.86. The standard InChI is InChI=1S/C26H44N2O4/c1-30-19-24-15-22(27-32-24)14-23-12-13-25(29)26(31-23)18-28(16-20-8-4-2-5-9-20)17-21-10-6-3-7-11-21/h15,20-21,23,25-26,29H,2-14,16-19H2,1H3. The lowest BCUT2D eigenvalue weighted by Gasteiger charge is -2.39. The Bertz CT molecular complexity index is 634. The average Bonchev–Trinajstić information content (AvgIpc) is 3.24. The van der Waals surface area contributed by atoms with Crippen molar-refractivity contribution in [1.82, 2.24) is 10.1 Å². The van der Waals surface area contributed by atoms with Crippen molar-refractivity contribution in [3.63, 3.8) is 0 Å². The topological polar surface area (TPSA) is 68.0 Å². The molecule has 0 radical (unpaired) electrons. The predicted molar refractivity (Wildman–Crippen MR) is 124 cm³/mol. The molecule has 4 rings (SSSR count). The first kappa shape index (κ1) is 24.2. The summed E-state index contributed by atoms with van der Waals surface area (Å²) in [6.07, 6.45) is 15.8. The highest BCUT2D eigenvalue weighted by molar-refractivity contribution is 5.06. The molecule has 3 unspecified atom stereocenters. The molecule has 182 valence electrons. The number of rotatable bonds is 10. The summed E-state index contributed by atoms with van der Waals surface area (Å²) in [4.78, 5) is 2.66. The van der Waals surface area contributed by atoms with Crippen molar-refractivity contribution in [2.24, 2.45) is 11.8 Å². The van der Waals surface area contributed by atoms with Gasteiger partial charge in [-0.3, -0.25) is 0 Å². The molecular weight excluding hydrogens is 404 g/mol. The van der Waals surface area contributed by atoms with Crippen LogP contribution in [0.5, 0.6) is 0 Å². The monoisotopic (exact) mass is 448 g/mol. The molecule has 3 fully saturated rings. The normalized spacial score (nSPS) is 28.4. The third kappa shape index (κ3) is 7.28. The molecule has 3 aliphatic rings. The van der Waals surface area contributed by atoms with Crippen molar-refractivity contribution in [2.75, 3.05) is 26.7 Å². The number of aromatic nitrogens is 1. The molecule has 1 saturated heterocycles. The zero-order valence-corrected chi connectivity index (χ0v) is 20.1. The minimum Gasteiger partial charge on any atom is -0.390 e. The quantitative estimate of drug-likeness (QED) is 0.558. The molecule has 0 bridgehead atoms. The van der Waals surface area contributed by atoms with E-state index in [0.29, 0.717) is 6.61 Å². The molecule has 6 nitrogen and oxygen atoms in total. The minimum absolute atomic E-state index is 0.0927. The van der Waals surface area contributed by atoms with Gasteiger partial charge < -0.3 is 24.0 Å². The molecule has 6 heteroatoms. The summed E-state index contributed by atoms with van der Waals surface area (Å²) in [6, 6.07) is 1.96. The first-order chi connectivity index (χ1) is 15.7. The molecule has 0 aromatic carbocycles. The van der Waals surface area contributed by atoms with Gasteiger partial charge in [-0.1, -0.05) is 43.7 Å². The van der Waals surface area contributed by atoms with Crippen molar-refractivity contribution in [2.45, 2.75) is 108 Å². The molecule has 1 aromatic rings. The Kier molecular flexibility index (Phi) is 9.44. The maximum absolute atomic E-state index is 10.8. The molecule has 32 heavy (non-hydrogen) atoms. The fraction of sp³-hybridized carbons (Fsp3) is 0.885. The zero-order valence-electron chi connectivity index (χ0n) is 20.1. The van der Waals surface area contributed by atoms with E-state index in [1.54, 1.807) is 7.11 Å². The summed E-state index contributed by atoms with van der Waals surface area (Å²) >= 11 is 0. The number of hydrogen-bond acceptors (Lipinski definition) is 6. The molecule has 1 aromatic heterocycles. The summed E-state index contributed by atoms with van der Waals surface area (Å²) < 4.78 is 16.9. The average molecular weight is 449 g/mol. The van der Waals surface area contributed by atoms with Crippen LogP contribution in [0.2, 0.25) is 0 Å². The van der Waals surface area contributed by atoms with E-state index in [4.69, 9.17) is 14.0 Å². The van der Waals surface area contributed by atoms with E-state index >= 15 is 0 Å². The van der Waals surface area contributed by atoms with Gasteiger partial charge in [0.25, 0.3) is 0 Å². The second-order valence-electron chi connectivity index (χ2n) is 10.6. The molecule has 2 aliphatic carbocycles.